The molecule has 1 amide bonds. The molecular weight excluding hydrogens is 312 g/mol. The zero-order chi connectivity index (χ0) is 17.2. The number of likely N-dealkylation sites (tertiary alicyclic amines) is 1. The van der Waals surface area contributed by atoms with E-state index in [-0.39, 0.29) is 5.91 Å². The number of nitrogens with zero attached hydrogens (tertiary/aromatic N) is 4. The molecule has 0 aliphatic carbocycles. The predicted octanol–water partition coefficient (Wildman–Crippen LogP) is 3.68. The van der Waals surface area contributed by atoms with Gasteiger partial charge in [0.2, 0.25) is 0 Å². The molecule has 1 aliphatic rings. The predicted molar refractivity (Wildman–Crippen MR) is 97.2 cm³/mol. The molecule has 2 aromatic heterocycles. The van der Waals surface area contributed by atoms with E-state index < -0.39 is 0 Å². The van der Waals surface area contributed by atoms with Gasteiger partial charge in [-0.1, -0.05) is 0 Å². The van der Waals surface area contributed by atoms with E-state index >= 15 is 0 Å². The van der Waals surface area contributed by atoms with Crippen molar-refractivity contribution >= 4 is 5.91 Å². The number of amides is 1. The Bertz CT molecular complexity index is 852. The van der Waals surface area contributed by atoms with Crippen LogP contribution in [-0.2, 0) is 0 Å². The van der Waals surface area contributed by atoms with E-state index in [1.165, 1.54) is 6.42 Å². The summed E-state index contributed by atoms with van der Waals surface area (Å²) in [6, 6.07) is 10.2. The van der Waals surface area contributed by atoms with Crippen LogP contribution in [-0.4, -0.2) is 37.5 Å². The first-order chi connectivity index (χ1) is 12.2. The van der Waals surface area contributed by atoms with Gasteiger partial charge in [0.15, 0.2) is 0 Å². The van der Waals surface area contributed by atoms with Gasteiger partial charge in [-0.3, -0.25) is 4.79 Å². The molecule has 0 N–H and O–H groups in total. The maximum absolute atomic E-state index is 13.0. The highest BCUT2D eigenvalue weighted by atomic mass is 16.2. The Labute approximate surface area is 147 Å². The average molecular weight is 334 g/mol. The molecule has 1 unspecified atom stereocenters. The zero-order valence-corrected chi connectivity index (χ0v) is 14.4. The fraction of sp³-hybridized carbons (Fsp3) is 0.300. The van der Waals surface area contributed by atoms with Gasteiger partial charge < -0.3 is 14.0 Å². The smallest absolute Gasteiger partial charge is 0.254 e. The van der Waals surface area contributed by atoms with Crippen molar-refractivity contribution in [1.29, 1.82) is 0 Å². The van der Waals surface area contributed by atoms with E-state index in [1.54, 1.807) is 12.5 Å². The number of hydrogen-bond acceptors (Lipinski definition) is 2. The molecule has 0 radical (unpaired) electrons. The summed E-state index contributed by atoms with van der Waals surface area (Å²) in [6.45, 7) is 2.99. The summed E-state index contributed by atoms with van der Waals surface area (Å²) >= 11 is 0. The lowest BCUT2D eigenvalue weighted by atomic mass is 10.0. The number of hydrogen-bond donors (Lipinski definition) is 0. The lowest BCUT2D eigenvalue weighted by Gasteiger charge is -2.33. The topological polar surface area (TPSA) is 43.1 Å². The SMILES string of the molecule is CC1CCCCN1C(=O)c1ccc(-n2ccnc2)c(-n2cccc2)c1. The third-order valence-electron chi connectivity index (χ3n) is 4.95. The Morgan fingerprint density at radius 2 is 1.92 bits per heavy atom. The van der Waals surface area contributed by atoms with Crippen LogP contribution in [0.15, 0.2) is 61.4 Å². The minimum Gasteiger partial charge on any atom is -0.336 e. The molecule has 5 nitrogen and oxygen atoms in total. The van der Waals surface area contributed by atoms with Gasteiger partial charge >= 0.3 is 0 Å². The Hall–Kier alpha value is -2.82. The molecular formula is C20H22N4O. The van der Waals surface area contributed by atoms with Crippen molar-refractivity contribution in [3.05, 3.63) is 67.0 Å². The normalized spacial score (nSPS) is 17.6. The second-order valence-electron chi connectivity index (χ2n) is 6.61. The Morgan fingerprint density at radius 3 is 2.64 bits per heavy atom. The van der Waals surface area contributed by atoms with Crippen LogP contribution in [0, 0.1) is 0 Å². The summed E-state index contributed by atoms with van der Waals surface area (Å²) in [4.78, 5) is 19.2. The second-order valence-corrected chi connectivity index (χ2v) is 6.61. The van der Waals surface area contributed by atoms with E-state index in [1.807, 2.05) is 63.0 Å². The lowest BCUT2D eigenvalue weighted by molar-refractivity contribution is 0.0635. The van der Waals surface area contributed by atoms with Gasteiger partial charge in [-0.25, -0.2) is 4.98 Å². The quantitative estimate of drug-likeness (QED) is 0.733. The summed E-state index contributed by atoms with van der Waals surface area (Å²) in [5, 5.41) is 0. The highest BCUT2D eigenvalue weighted by molar-refractivity contribution is 5.95. The van der Waals surface area contributed by atoms with Crippen molar-refractivity contribution in [1.82, 2.24) is 19.0 Å². The molecule has 3 heterocycles. The number of rotatable bonds is 3. The van der Waals surface area contributed by atoms with Crippen molar-refractivity contribution in [2.45, 2.75) is 32.2 Å². The van der Waals surface area contributed by atoms with Crippen molar-refractivity contribution in [2.75, 3.05) is 6.54 Å². The van der Waals surface area contributed by atoms with E-state index in [2.05, 4.69) is 11.9 Å². The van der Waals surface area contributed by atoms with Crippen LogP contribution in [0.5, 0.6) is 0 Å². The maximum Gasteiger partial charge on any atom is 0.254 e. The first-order valence-electron chi connectivity index (χ1n) is 8.81. The first-order valence-corrected chi connectivity index (χ1v) is 8.81. The van der Waals surface area contributed by atoms with Gasteiger partial charge in [-0.2, -0.15) is 0 Å². The van der Waals surface area contributed by atoms with E-state index in [0.717, 1.165) is 36.3 Å². The Kier molecular flexibility index (Phi) is 4.14. The van der Waals surface area contributed by atoms with Gasteiger partial charge in [0.1, 0.15) is 0 Å². The van der Waals surface area contributed by atoms with Crippen molar-refractivity contribution in [2.24, 2.45) is 0 Å². The second kappa shape index (κ2) is 6.59. The molecule has 1 saturated heterocycles. The van der Waals surface area contributed by atoms with Gasteiger partial charge in [-0.05, 0) is 56.5 Å². The summed E-state index contributed by atoms with van der Waals surface area (Å²) in [7, 11) is 0. The molecule has 1 fully saturated rings. The highest BCUT2D eigenvalue weighted by Gasteiger charge is 2.24. The minimum absolute atomic E-state index is 0.123. The average Bonchev–Trinajstić information content (AvgIpc) is 3.35. The number of carbonyl (C=O) groups is 1. The van der Waals surface area contributed by atoms with E-state index in [4.69, 9.17) is 0 Å². The van der Waals surface area contributed by atoms with E-state index in [0.29, 0.717) is 6.04 Å². The Morgan fingerprint density at radius 1 is 1.08 bits per heavy atom. The van der Waals surface area contributed by atoms with Crippen LogP contribution < -0.4 is 0 Å². The molecule has 128 valence electrons. The fourth-order valence-electron chi connectivity index (χ4n) is 3.54. The van der Waals surface area contributed by atoms with Crippen LogP contribution in [0.2, 0.25) is 0 Å². The van der Waals surface area contributed by atoms with Crippen LogP contribution in [0.1, 0.15) is 36.5 Å². The number of imidazole rings is 1. The summed E-state index contributed by atoms with van der Waals surface area (Å²) in [5.41, 5.74) is 2.71. The molecule has 3 aromatic rings. The van der Waals surface area contributed by atoms with Crippen LogP contribution in [0.25, 0.3) is 11.4 Å². The lowest BCUT2D eigenvalue weighted by Crippen LogP contribution is -2.42. The zero-order valence-electron chi connectivity index (χ0n) is 14.4. The molecule has 1 aliphatic heterocycles. The molecule has 4 rings (SSSR count). The third-order valence-corrected chi connectivity index (χ3v) is 4.95. The molecule has 0 saturated carbocycles. The highest BCUT2D eigenvalue weighted by Crippen LogP contribution is 2.24. The monoisotopic (exact) mass is 334 g/mol. The summed E-state index contributed by atoms with van der Waals surface area (Å²) in [5.74, 6) is 0.123. The van der Waals surface area contributed by atoms with Crippen molar-refractivity contribution in [3.63, 3.8) is 0 Å². The standard InChI is InChI=1S/C20H22N4O/c1-16-6-2-3-12-24(16)20(25)17-7-8-18(23-13-9-21-15-23)19(14-17)22-10-4-5-11-22/h4-5,7-11,13-16H,2-3,6,12H2,1H3. The summed E-state index contributed by atoms with van der Waals surface area (Å²) < 4.78 is 4.00. The van der Waals surface area contributed by atoms with Crippen LogP contribution in [0.4, 0.5) is 0 Å². The minimum atomic E-state index is 0.123. The molecule has 0 spiro atoms. The molecule has 0 bridgehead atoms. The van der Waals surface area contributed by atoms with Gasteiger partial charge in [-0.15, -0.1) is 0 Å². The van der Waals surface area contributed by atoms with Crippen molar-refractivity contribution < 1.29 is 4.79 Å². The number of piperidine rings is 1. The van der Waals surface area contributed by atoms with Crippen LogP contribution in [0.3, 0.4) is 0 Å². The molecule has 1 atom stereocenters. The number of aromatic nitrogens is 3. The fourth-order valence-corrected chi connectivity index (χ4v) is 3.54. The van der Waals surface area contributed by atoms with Gasteiger partial charge in [0.05, 0.1) is 17.7 Å². The largest absolute Gasteiger partial charge is 0.336 e. The Balaban J connectivity index is 1.75. The number of benzene rings is 1. The van der Waals surface area contributed by atoms with Gasteiger partial charge in [0.25, 0.3) is 5.91 Å². The molecule has 1 aromatic carbocycles. The van der Waals surface area contributed by atoms with E-state index in [9.17, 15) is 4.79 Å². The third kappa shape index (κ3) is 2.97. The number of carbonyl (C=O) groups excluding carboxylic acids is 1. The molecule has 25 heavy (non-hydrogen) atoms. The van der Waals surface area contributed by atoms with Gasteiger partial charge in [0, 0.05) is 42.9 Å². The first kappa shape index (κ1) is 15.7. The van der Waals surface area contributed by atoms with Crippen LogP contribution >= 0.6 is 0 Å². The molecule has 5 heteroatoms. The van der Waals surface area contributed by atoms with Crippen molar-refractivity contribution in [3.8, 4) is 11.4 Å². The summed E-state index contributed by atoms with van der Waals surface area (Å²) in [6.07, 6.45) is 12.8. The maximum atomic E-state index is 13.0.